The zero-order valence-electron chi connectivity index (χ0n) is 11.8. The van der Waals surface area contributed by atoms with Gasteiger partial charge in [0.1, 0.15) is 0 Å². The van der Waals surface area contributed by atoms with Crippen LogP contribution in [0.25, 0.3) is 6.08 Å². The molecule has 0 atom stereocenters. The SMILES string of the molecule is C=Cc1ccc(C(C)C)cc1CN(C)C(C)C. The number of benzene rings is 1. The Kier molecular flexibility index (Phi) is 4.95. The average molecular weight is 231 g/mol. The maximum atomic E-state index is 3.90. The van der Waals surface area contributed by atoms with Gasteiger partial charge in [-0.25, -0.2) is 0 Å². The Bertz CT molecular complexity index is 377. The van der Waals surface area contributed by atoms with Crippen molar-refractivity contribution in [3.63, 3.8) is 0 Å². The molecule has 0 unspecified atom stereocenters. The second-order valence-corrected chi connectivity index (χ2v) is 5.33. The molecule has 94 valence electrons. The first-order chi connectivity index (χ1) is 7.95. The molecule has 1 aromatic carbocycles. The smallest absolute Gasteiger partial charge is 0.0239 e. The Balaban J connectivity index is 3.02. The van der Waals surface area contributed by atoms with Crippen LogP contribution >= 0.6 is 0 Å². The molecule has 0 spiro atoms. The minimum absolute atomic E-state index is 0.565. The Labute approximate surface area is 106 Å². The minimum atomic E-state index is 0.565. The Morgan fingerprint density at radius 2 is 1.88 bits per heavy atom. The van der Waals surface area contributed by atoms with Gasteiger partial charge in [0.15, 0.2) is 0 Å². The third-order valence-corrected chi connectivity index (χ3v) is 3.35. The third-order valence-electron chi connectivity index (χ3n) is 3.35. The number of nitrogens with zero attached hydrogens (tertiary/aromatic N) is 1. The maximum absolute atomic E-state index is 3.90. The van der Waals surface area contributed by atoms with Gasteiger partial charge in [-0.3, -0.25) is 4.90 Å². The molecule has 0 fully saturated rings. The van der Waals surface area contributed by atoms with Gasteiger partial charge >= 0.3 is 0 Å². The van der Waals surface area contributed by atoms with Gasteiger partial charge in [0.05, 0.1) is 0 Å². The van der Waals surface area contributed by atoms with Crippen LogP contribution in [0.5, 0.6) is 0 Å². The molecule has 1 nitrogen and oxygen atoms in total. The third kappa shape index (κ3) is 3.71. The molecular weight excluding hydrogens is 206 g/mol. The highest BCUT2D eigenvalue weighted by Gasteiger charge is 2.09. The summed E-state index contributed by atoms with van der Waals surface area (Å²) in [5, 5.41) is 0. The molecule has 0 saturated heterocycles. The van der Waals surface area contributed by atoms with E-state index in [2.05, 4.69) is 64.4 Å². The summed E-state index contributed by atoms with van der Waals surface area (Å²) in [6.07, 6.45) is 1.95. The highest BCUT2D eigenvalue weighted by Crippen LogP contribution is 2.21. The molecule has 0 heterocycles. The molecule has 0 bridgehead atoms. The lowest BCUT2D eigenvalue weighted by Gasteiger charge is -2.23. The van der Waals surface area contributed by atoms with Crippen LogP contribution in [0.2, 0.25) is 0 Å². The molecule has 0 saturated carbocycles. The monoisotopic (exact) mass is 231 g/mol. The average Bonchev–Trinajstić information content (AvgIpc) is 2.28. The first-order valence-corrected chi connectivity index (χ1v) is 6.41. The molecule has 1 rings (SSSR count). The van der Waals surface area contributed by atoms with Crippen molar-refractivity contribution in [2.45, 2.75) is 46.2 Å². The van der Waals surface area contributed by atoms with E-state index in [0.717, 1.165) is 6.54 Å². The minimum Gasteiger partial charge on any atom is -0.300 e. The van der Waals surface area contributed by atoms with E-state index in [1.54, 1.807) is 0 Å². The van der Waals surface area contributed by atoms with Crippen LogP contribution in [0.15, 0.2) is 24.8 Å². The predicted molar refractivity (Wildman–Crippen MR) is 77.2 cm³/mol. The van der Waals surface area contributed by atoms with Crippen molar-refractivity contribution in [2.75, 3.05) is 7.05 Å². The van der Waals surface area contributed by atoms with Crippen LogP contribution in [0.1, 0.15) is 50.3 Å². The summed E-state index contributed by atoms with van der Waals surface area (Å²) in [6.45, 7) is 13.8. The molecule has 0 radical (unpaired) electrons. The van der Waals surface area contributed by atoms with Crippen molar-refractivity contribution in [3.05, 3.63) is 41.5 Å². The molecule has 0 aliphatic rings. The van der Waals surface area contributed by atoms with Gasteiger partial charge in [0, 0.05) is 12.6 Å². The lowest BCUT2D eigenvalue weighted by atomic mass is 9.97. The topological polar surface area (TPSA) is 3.24 Å². The summed E-state index contributed by atoms with van der Waals surface area (Å²) in [6, 6.07) is 7.28. The standard InChI is InChI=1S/C16H25N/c1-7-14-8-9-15(12(2)3)10-16(14)11-17(6)13(4)5/h7-10,12-13H,1,11H2,2-6H3. The maximum Gasteiger partial charge on any atom is 0.0239 e. The molecule has 0 aliphatic carbocycles. The number of hydrogen-bond acceptors (Lipinski definition) is 1. The fourth-order valence-corrected chi connectivity index (χ4v) is 1.77. The largest absolute Gasteiger partial charge is 0.300 e. The fourth-order valence-electron chi connectivity index (χ4n) is 1.77. The summed E-state index contributed by atoms with van der Waals surface area (Å²) in [7, 11) is 2.17. The Hall–Kier alpha value is -1.08. The van der Waals surface area contributed by atoms with Crippen molar-refractivity contribution in [3.8, 4) is 0 Å². The highest BCUT2D eigenvalue weighted by atomic mass is 15.1. The van der Waals surface area contributed by atoms with E-state index in [0.29, 0.717) is 12.0 Å². The lowest BCUT2D eigenvalue weighted by Crippen LogP contribution is -2.26. The lowest BCUT2D eigenvalue weighted by molar-refractivity contribution is 0.265. The molecule has 17 heavy (non-hydrogen) atoms. The quantitative estimate of drug-likeness (QED) is 0.730. The molecule has 0 aromatic heterocycles. The van der Waals surface area contributed by atoms with Crippen LogP contribution < -0.4 is 0 Å². The second kappa shape index (κ2) is 6.02. The van der Waals surface area contributed by atoms with Crippen molar-refractivity contribution in [2.24, 2.45) is 0 Å². The first kappa shape index (κ1) is 14.0. The number of hydrogen-bond donors (Lipinski definition) is 0. The van der Waals surface area contributed by atoms with Crippen molar-refractivity contribution < 1.29 is 0 Å². The van der Waals surface area contributed by atoms with E-state index in [9.17, 15) is 0 Å². The second-order valence-electron chi connectivity index (χ2n) is 5.33. The summed E-state index contributed by atoms with van der Waals surface area (Å²) in [5.74, 6) is 0.581. The molecule has 0 N–H and O–H groups in total. The van der Waals surface area contributed by atoms with Gasteiger partial charge in [0.25, 0.3) is 0 Å². The van der Waals surface area contributed by atoms with E-state index in [-0.39, 0.29) is 0 Å². The molecule has 1 heteroatoms. The van der Waals surface area contributed by atoms with Crippen molar-refractivity contribution in [1.29, 1.82) is 0 Å². The molecular formula is C16H25N. The van der Waals surface area contributed by atoms with Gasteiger partial charge in [-0.1, -0.05) is 44.7 Å². The fraction of sp³-hybridized carbons (Fsp3) is 0.500. The van der Waals surface area contributed by atoms with Crippen LogP contribution in [0.4, 0.5) is 0 Å². The summed E-state index contributed by atoms with van der Waals surface area (Å²) in [5.41, 5.74) is 4.03. The van der Waals surface area contributed by atoms with Crippen LogP contribution in [0, 0.1) is 0 Å². The van der Waals surface area contributed by atoms with Gasteiger partial charge in [-0.2, -0.15) is 0 Å². The number of rotatable bonds is 5. The van der Waals surface area contributed by atoms with E-state index >= 15 is 0 Å². The Morgan fingerprint density at radius 1 is 1.24 bits per heavy atom. The van der Waals surface area contributed by atoms with Crippen LogP contribution in [-0.2, 0) is 6.54 Å². The van der Waals surface area contributed by atoms with Crippen LogP contribution in [0.3, 0.4) is 0 Å². The highest BCUT2D eigenvalue weighted by molar-refractivity contribution is 5.53. The van der Waals surface area contributed by atoms with E-state index < -0.39 is 0 Å². The van der Waals surface area contributed by atoms with Crippen molar-refractivity contribution >= 4 is 6.08 Å². The molecule has 0 aliphatic heterocycles. The molecule has 1 aromatic rings. The summed E-state index contributed by atoms with van der Waals surface area (Å²) in [4.78, 5) is 2.35. The van der Waals surface area contributed by atoms with Gasteiger partial charge < -0.3 is 0 Å². The summed E-state index contributed by atoms with van der Waals surface area (Å²) < 4.78 is 0. The van der Waals surface area contributed by atoms with Crippen molar-refractivity contribution in [1.82, 2.24) is 4.90 Å². The zero-order valence-corrected chi connectivity index (χ0v) is 11.8. The van der Waals surface area contributed by atoms with Gasteiger partial charge in [-0.15, -0.1) is 0 Å². The van der Waals surface area contributed by atoms with Crippen LogP contribution in [-0.4, -0.2) is 18.0 Å². The zero-order chi connectivity index (χ0) is 13.0. The summed E-state index contributed by atoms with van der Waals surface area (Å²) >= 11 is 0. The van der Waals surface area contributed by atoms with Gasteiger partial charge in [0.2, 0.25) is 0 Å². The van der Waals surface area contributed by atoms with Gasteiger partial charge in [-0.05, 0) is 43.5 Å². The van der Waals surface area contributed by atoms with E-state index in [1.807, 2.05) is 6.08 Å². The normalized spacial score (nSPS) is 11.5. The van der Waals surface area contributed by atoms with E-state index in [4.69, 9.17) is 0 Å². The molecule has 0 amide bonds. The van der Waals surface area contributed by atoms with E-state index in [1.165, 1.54) is 16.7 Å². The Morgan fingerprint density at radius 3 is 2.35 bits per heavy atom. The first-order valence-electron chi connectivity index (χ1n) is 6.41. The predicted octanol–water partition coefficient (Wildman–Crippen LogP) is 4.29.